The van der Waals surface area contributed by atoms with Gasteiger partial charge in [-0.15, -0.1) is 0 Å². The van der Waals surface area contributed by atoms with Crippen LogP contribution in [0.3, 0.4) is 0 Å². The van der Waals surface area contributed by atoms with Crippen molar-refractivity contribution in [3.63, 3.8) is 0 Å². The zero-order valence-electron chi connectivity index (χ0n) is 7.38. The lowest BCUT2D eigenvalue weighted by molar-refractivity contribution is -0.119. The first-order chi connectivity index (χ1) is 5.71. The summed E-state index contributed by atoms with van der Waals surface area (Å²) in [6, 6.07) is 0. The van der Waals surface area contributed by atoms with Gasteiger partial charge in [0.25, 0.3) is 0 Å². The third kappa shape index (κ3) is 1.28. The minimum absolute atomic E-state index is 0.345. The van der Waals surface area contributed by atoms with Crippen molar-refractivity contribution in [1.29, 1.82) is 0 Å². The van der Waals surface area contributed by atoms with Crippen LogP contribution in [0.5, 0.6) is 0 Å². The molecule has 2 saturated carbocycles. The van der Waals surface area contributed by atoms with Gasteiger partial charge in [0.05, 0.1) is 5.60 Å². The van der Waals surface area contributed by atoms with Crippen LogP contribution in [0.15, 0.2) is 0 Å². The van der Waals surface area contributed by atoms with Gasteiger partial charge in [0, 0.05) is 12.8 Å². The lowest BCUT2D eigenvalue weighted by Crippen LogP contribution is -2.31. The molecule has 2 aliphatic rings. The molecule has 2 aliphatic carbocycles. The van der Waals surface area contributed by atoms with E-state index in [0.29, 0.717) is 24.5 Å². The average molecular weight is 168 g/mol. The van der Waals surface area contributed by atoms with E-state index in [4.69, 9.17) is 0 Å². The number of aliphatic hydroxyl groups is 1. The van der Waals surface area contributed by atoms with Crippen LogP contribution in [0.4, 0.5) is 0 Å². The van der Waals surface area contributed by atoms with Crippen LogP contribution in [-0.2, 0) is 4.79 Å². The second-order valence-electron chi connectivity index (χ2n) is 4.27. The van der Waals surface area contributed by atoms with Gasteiger partial charge in [-0.25, -0.2) is 0 Å². The largest absolute Gasteiger partial charge is 0.390 e. The second-order valence-corrected chi connectivity index (χ2v) is 4.27. The maximum Gasteiger partial charge on any atom is 0.133 e. The van der Waals surface area contributed by atoms with E-state index in [1.165, 1.54) is 0 Å². The van der Waals surface area contributed by atoms with Crippen molar-refractivity contribution >= 4 is 5.78 Å². The Hall–Kier alpha value is -0.370. The molecule has 0 radical (unpaired) electrons. The zero-order valence-corrected chi connectivity index (χ0v) is 7.38. The summed E-state index contributed by atoms with van der Waals surface area (Å²) in [5.74, 6) is 0.766. The number of rotatable bonds is 0. The molecule has 2 unspecified atom stereocenters. The summed E-state index contributed by atoms with van der Waals surface area (Å²) in [4.78, 5) is 11.1. The molecule has 2 heteroatoms. The van der Waals surface area contributed by atoms with Crippen LogP contribution in [0, 0.1) is 5.92 Å². The van der Waals surface area contributed by atoms with E-state index in [-0.39, 0.29) is 0 Å². The van der Waals surface area contributed by atoms with Crippen molar-refractivity contribution in [3.8, 4) is 0 Å². The predicted molar refractivity (Wildman–Crippen MR) is 45.8 cm³/mol. The van der Waals surface area contributed by atoms with Crippen LogP contribution in [-0.4, -0.2) is 16.5 Å². The van der Waals surface area contributed by atoms with E-state index in [0.717, 1.165) is 32.1 Å². The Morgan fingerprint density at radius 3 is 2.92 bits per heavy atom. The van der Waals surface area contributed by atoms with Crippen LogP contribution < -0.4 is 0 Å². The number of carbonyl (C=O) groups is 1. The molecular weight excluding hydrogens is 152 g/mol. The first-order valence-electron chi connectivity index (χ1n) is 4.95. The number of Topliss-reactive ketones (excluding diaryl/α,β-unsaturated/α-hetero) is 1. The molecule has 0 aromatic carbocycles. The van der Waals surface area contributed by atoms with Gasteiger partial charge >= 0.3 is 0 Å². The highest BCUT2D eigenvalue weighted by molar-refractivity contribution is 5.78. The number of carbonyl (C=O) groups excluding carboxylic acids is 1. The van der Waals surface area contributed by atoms with Crippen molar-refractivity contribution in [3.05, 3.63) is 0 Å². The average Bonchev–Trinajstić information content (AvgIpc) is 2.35. The van der Waals surface area contributed by atoms with E-state index < -0.39 is 5.60 Å². The summed E-state index contributed by atoms with van der Waals surface area (Å²) in [7, 11) is 0. The van der Waals surface area contributed by atoms with E-state index in [1.807, 2.05) is 0 Å². The van der Waals surface area contributed by atoms with Gasteiger partial charge in [0.2, 0.25) is 0 Å². The number of fused-ring (bicyclic) bond motifs is 1. The van der Waals surface area contributed by atoms with Crippen LogP contribution >= 0.6 is 0 Å². The molecule has 1 N–H and O–H groups in total. The highest BCUT2D eigenvalue weighted by Gasteiger charge is 2.42. The molecule has 0 heterocycles. The predicted octanol–water partition coefficient (Wildman–Crippen LogP) is 1.66. The summed E-state index contributed by atoms with van der Waals surface area (Å²) in [6.45, 7) is 0. The molecule has 0 bridgehead atoms. The Kier molecular flexibility index (Phi) is 1.95. The van der Waals surface area contributed by atoms with Crippen molar-refractivity contribution < 1.29 is 9.90 Å². The molecule has 0 aliphatic heterocycles. The minimum Gasteiger partial charge on any atom is -0.390 e. The molecule has 12 heavy (non-hydrogen) atoms. The lowest BCUT2D eigenvalue weighted by Gasteiger charge is -2.27. The van der Waals surface area contributed by atoms with E-state index in [2.05, 4.69) is 0 Å². The Labute approximate surface area is 73.0 Å². The van der Waals surface area contributed by atoms with Crippen LogP contribution in [0.1, 0.15) is 44.9 Å². The van der Waals surface area contributed by atoms with Crippen LogP contribution in [0.25, 0.3) is 0 Å². The first kappa shape index (κ1) is 8.24. The molecule has 0 saturated heterocycles. The topological polar surface area (TPSA) is 37.3 Å². The third-order valence-corrected chi connectivity index (χ3v) is 3.53. The summed E-state index contributed by atoms with van der Waals surface area (Å²) < 4.78 is 0. The van der Waals surface area contributed by atoms with Gasteiger partial charge < -0.3 is 5.11 Å². The van der Waals surface area contributed by atoms with Crippen molar-refractivity contribution in [2.75, 3.05) is 0 Å². The molecule has 0 aromatic heterocycles. The maximum atomic E-state index is 11.1. The molecule has 68 valence electrons. The Balaban J connectivity index is 2.12. The van der Waals surface area contributed by atoms with Gasteiger partial charge in [-0.05, 0) is 31.6 Å². The molecular formula is C10H16O2. The minimum atomic E-state index is -0.466. The SMILES string of the molecule is O=C1CCC2CCCC2(O)CC1. The van der Waals surface area contributed by atoms with Crippen molar-refractivity contribution in [2.45, 2.75) is 50.5 Å². The fraction of sp³-hybridized carbons (Fsp3) is 0.900. The number of hydrogen-bond acceptors (Lipinski definition) is 2. The summed E-state index contributed by atoms with van der Waals surface area (Å²) in [6.07, 6.45) is 6.15. The van der Waals surface area contributed by atoms with Crippen molar-refractivity contribution in [1.82, 2.24) is 0 Å². The highest BCUT2D eigenvalue weighted by Crippen LogP contribution is 2.43. The Morgan fingerprint density at radius 1 is 1.25 bits per heavy atom. The van der Waals surface area contributed by atoms with Gasteiger partial charge in [-0.3, -0.25) is 4.79 Å². The van der Waals surface area contributed by atoms with E-state index in [9.17, 15) is 9.90 Å². The Bertz CT molecular complexity index is 200. The molecule has 2 fully saturated rings. The van der Waals surface area contributed by atoms with E-state index >= 15 is 0 Å². The first-order valence-corrected chi connectivity index (χ1v) is 4.95. The highest BCUT2D eigenvalue weighted by atomic mass is 16.3. The lowest BCUT2D eigenvalue weighted by atomic mass is 9.87. The fourth-order valence-electron chi connectivity index (χ4n) is 2.69. The Morgan fingerprint density at radius 2 is 2.08 bits per heavy atom. The fourth-order valence-corrected chi connectivity index (χ4v) is 2.69. The standard InChI is InChI=1S/C10H16O2/c11-9-4-3-8-2-1-6-10(8,12)7-5-9/h8,12H,1-7H2. The molecule has 0 aromatic rings. The van der Waals surface area contributed by atoms with E-state index in [1.54, 1.807) is 0 Å². The second kappa shape index (κ2) is 2.84. The molecule has 0 amide bonds. The monoisotopic (exact) mass is 168 g/mol. The normalized spacial score (nSPS) is 42.4. The van der Waals surface area contributed by atoms with Gasteiger partial charge in [-0.1, -0.05) is 6.42 Å². The quantitative estimate of drug-likeness (QED) is 0.597. The third-order valence-electron chi connectivity index (χ3n) is 3.53. The van der Waals surface area contributed by atoms with Gasteiger partial charge in [0.1, 0.15) is 5.78 Å². The number of ketones is 1. The molecule has 2 nitrogen and oxygen atoms in total. The zero-order chi connectivity index (χ0) is 8.60. The van der Waals surface area contributed by atoms with Gasteiger partial charge in [0.15, 0.2) is 0 Å². The summed E-state index contributed by atoms with van der Waals surface area (Å²) in [5, 5.41) is 10.2. The summed E-state index contributed by atoms with van der Waals surface area (Å²) >= 11 is 0. The molecule has 2 atom stereocenters. The van der Waals surface area contributed by atoms with Gasteiger partial charge in [-0.2, -0.15) is 0 Å². The van der Waals surface area contributed by atoms with Crippen LogP contribution in [0.2, 0.25) is 0 Å². The number of hydrogen-bond donors (Lipinski definition) is 1. The summed E-state index contributed by atoms with van der Waals surface area (Å²) in [5.41, 5.74) is -0.466. The molecule has 2 rings (SSSR count). The smallest absolute Gasteiger partial charge is 0.133 e. The van der Waals surface area contributed by atoms with Crippen molar-refractivity contribution in [2.24, 2.45) is 5.92 Å². The molecule has 0 spiro atoms. The maximum absolute atomic E-state index is 11.1.